The zero-order valence-electron chi connectivity index (χ0n) is 19.3. The molecule has 0 radical (unpaired) electrons. The number of carbonyl (C=O) groups excluding carboxylic acids is 1. The van der Waals surface area contributed by atoms with Gasteiger partial charge in [0.05, 0.1) is 23.9 Å². The van der Waals surface area contributed by atoms with Crippen LogP contribution in [0.5, 0.6) is 0 Å². The molecular formula is C27H32N4O2. The fourth-order valence-corrected chi connectivity index (χ4v) is 5.01. The Bertz CT molecular complexity index is 1100. The van der Waals surface area contributed by atoms with Crippen LogP contribution in [0.25, 0.3) is 10.9 Å². The molecule has 6 heteroatoms. The molecule has 2 aliphatic heterocycles. The molecule has 6 nitrogen and oxygen atoms in total. The number of hydrogen-bond donors (Lipinski definition) is 0. The second-order valence-corrected chi connectivity index (χ2v) is 9.23. The Balaban J connectivity index is 1.16. The van der Waals surface area contributed by atoms with Crippen LogP contribution in [-0.2, 0) is 16.1 Å². The predicted octanol–water partition coefficient (Wildman–Crippen LogP) is 4.36. The largest absolute Gasteiger partial charge is 0.372 e. The van der Waals surface area contributed by atoms with Gasteiger partial charge >= 0.3 is 0 Å². The average Bonchev–Trinajstić information content (AvgIpc) is 2.88. The molecule has 0 bridgehead atoms. The van der Waals surface area contributed by atoms with Gasteiger partial charge < -0.3 is 14.5 Å². The van der Waals surface area contributed by atoms with Crippen molar-refractivity contribution >= 4 is 22.8 Å². The van der Waals surface area contributed by atoms with E-state index in [0.717, 1.165) is 67.9 Å². The molecule has 0 N–H and O–H groups in total. The number of carbonyl (C=O) groups is 1. The molecule has 0 unspecified atom stereocenters. The SMILES string of the molecule is Cc1nc(N2CCC(C(=O)N3CCC[C@@H](OCc4ccccc4)C3)CC2)nc2ccccc12. The molecule has 33 heavy (non-hydrogen) atoms. The number of rotatable bonds is 5. The normalized spacial score (nSPS) is 19.7. The van der Waals surface area contributed by atoms with Crippen molar-refractivity contribution in [2.75, 3.05) is 31.1 Å². The van der Waals surface area contributed by atoms with Crippen molar-refractivity contribution in [2.45, 2.75) is 45.3 Å². The van der Waals surface area contributed by atoms with Gasteiger partial charge in [-0.15, -0.1) is 0 Å². The monoisotopic (exact) mass is 444 g/mol. The Hall–Kier alpha value is -2.99. The van der Waals surface area contributed by atoms with Crippen LogP contribution in [0.3, 0.4) is 0 Å². The number of nitrogens with zero attached hydrogens (tertiary/aromatic N) is 4. The van der Waals surface area contributed by atoms with Crippen molar-refractivity contribution in [3.8, 4) is 0 Å². The molecule has 1 aromatic heterocycles. The molecule has 1 atom stereocenters. The lowest BCUT2D eigenvalue weighted by atomic mass is 9.94. The number of hydrogen-bond acceptors (Lipinski definition) is 5. The maximum atomic E-state index is 13.3. The standard InChI is InChI=1S/C27H32N4O2/c1-20-24-11-5-6-12-25(24)29-27(28-20)30-16-13-22(14-17-30)26(32)31-15-7-10-23(18-31)33-19-21-8-3-2-4-9-21/h2-6,8-9,11-12,22-23H,7,10,13-19H2,1H3/t23-/m1/s1. The van der Waals surface area contributed by atoms with E-state index in [1.165, 1.54) is 5.56 Å². The summed E-state index contributed by atoms with van der Waals surface area (Å²) in [6.07, 6.45) is 3.85. The number of aryl methyl sites for hydroxylation is 1. The van der Waals surface area contributed by atoms with Gasteiger partial charge in [0.2, 0.25) is 11.9 Å². The van der Waals surface area contributed by atoms with E-state index in [1.54, 1.807) is 0 Å². The van der Waals surface area contributed by atoms with Crippen molar-refractivity contribution < 1.29 is 9.53 Å². The van der Waals surface area contributed by atoms with Crippen LogP contribution in [0.2, 0.25) is 0 Å². The number of anilines is 1. The fraction of sp³-hybridized carbons (Fsp3) is 0.444. The molecule has 2 aliphatic rings. The quantitative estimate of drug-likeness (QED) is 0.585. The first kappa shape index (κ1) is 21.8. The van der Waals surface area contributed by atoms with Crippen LogP contribution >= 0.6 is 0 Å². The summed E-state index contributed by atoms with van der Waals surface area (Å²) in [5, 5.41) is 1.10. The lowest BCUT2D eigenvalue weighted by molar-refractivity contribution is -0.140. The van der Waals surface area contributed by atoms with E-state index < -0.39 is 0 Å². The van der Waals surface area contributed by atoms with Gasteiger partial charge in [0.1, 0.15) is 0 Å². The number of amides is 1. The summed E-state index contributed by atoms with van der Waals surface area (Å²) in [4.78, 5) is 27.1. The predicted molar refractivity (Wildman–Crippen MR) is 130 cm³/mol. The lowest BCUT2D eigenvalue weighted by Crippen LogP contribution is -2.48. The molecule has 0 spiro atoms. The summed E-state index contributed by atoms with van der Waals surface area (Å²) in [7, 11) is 0. The van der Waals surface area contributed by atoms with E-state index in [2.05, 4.69) is 23.1 Å². The highest BCUT2D eigenvalue weighted by molar-refractivity contribution is 5.82. The van der Waals surface area contributed by atoms with Gasteiger partial charge in [-0.25, -0.2) is 9.97 Å². The highest BCUT2D eigenvalue weighted by Crippen LogP contribution is 2.26. The molecule has 3 aromatic rings. The maximum Gasteiger partial charge on any atom is 0.226 e. The molecule has 172 valence electrons. The molecule has 2 fully saturated rings. The number of para-hydroxylation sites is 1. The Labute approximate surface area is 195 Å². The van der Waals surface area contributed by atoms with E-state index in [-0.39, 0.29) is 12.0 Å². The second kappa shape index (κ2) is 9.87. The summed E-state index contributed by atoms with van der Waals surface area (Å²) in [6.45, 7) is 5.83. The van der Waals surface area contributed by atoms with Gasteiger partial charge in [0.25, 0.3) is 0 Å². The van der Waals surface area contributed by atoms with E-state index >= 15 is 0 Å². The summed E-state index contributed by atoms with van der Waals surface area (Å²) in [5.41, 5.74) is 3.16. The van der Waals surface area contributed by atoms with E-state index in [9.17, 15) is 4.79 Å². The van der Waals surface area contributed by atoms with Crippen LogP contribution < -0.4 is 4.90 Å². The average molecular weight is 445 g/mol. The lowest BCUT2D eigenvalue weighted by Gasteiger charge is -2.37. The van der Waals surface area contributed by atoms with Gasteiger partial charge in [-0.3, -0.25) is 4.79 Å². The van der Waals surface area contributed by atoms with Crippen molar-refractivity contribution in [1.29, 1.82) is 0 Å². The van der Waals surface area contributed by atoms with Crippen LogP contribution in [0, 0.1) is 12.8 Å². The first-order valence-electron chi connectivity index (χ1n) is 12.1. The third-order valence-corrected chi connectivity index (χ3v) is 6.93. The Kier molecular flexibility index (Phi) is 6.53. The van der Waals surface area contributed by atoms with Crippen LogP contribution in [-0.4, -0.2) is 53.1 Å². The number of aromatic nitrogens is 2. The van der Waals surface area contributed by atoms with Gasteiger partial charge in [0.15, 0.2) is 0 Å². The summed E-state index contributed by atoms with van der Waals surface area (Å²) in [5.74, 6) is 1.15. The Morgan fingerprint density at radius 2 is 1.73 bits per heavy atom. The first-order valence-corrected chi connectivity index (χ1v) is 12.1. The van der Waals surface area contributed by atoms with Crippen LogP contribution in [0.4, 0.5) is 5.95 Å². The number of benzene rings is 2. The molecule has 1 amide bonds. The second-order valence-electron chi connectivity index (χ2n) is 9.23. The number of likely N-dealkylation sites (tertiary alicyclic amines) is 1. The van der Waals surface area contributed by atoms with E-state index in [4.69, 9.17) is 14.7 Å². The molecule has 5 rings (SSSR count). The van der Waals surface area contributed by atoms with Crippen LogP contribution in [0.15, 0.2) is 54.6 Å². The third-order valence-electron chi connectivity index (χ3n) is 6.93. The third kappa shape index (κ3) is 5.01. The summed E-state index contributed by atoms with van der Waals surface area (Å²) >= 11 is 0. The Morgan fingerprint density at radius 1 is 0.970 bits per heavy atom. The van der Waals surface area contributed by atoms with Crippen LogP contribution in [0.1, 0.15) is 36.9 Å². The highest BCUT2D eigenvalue weighted by Gasteiger charge is 2.32. The van der Waals surface area contributed by atoms with Crippen molar-refractivity contribution in [2.24, 2.45) is 5.92 Å². The van der Waals surface area contributed by atoms with Gasteiger partial charge in [-0.1, -0.05) is 48.5 Å². The van der Waals surface area contributed by atoms with E-state index in [1.807, 2.05) is 48.2 Å². The zero-order chi connectivity index (χ0) is 22.6. The smallest absolute Gasteiger partial charge is 0.226 e. The highest BCUT2D eigenvalue weighted by atomic mass is 16.5. The first-order chi connectivity index (χ1) is 16.2. The van der Waals surface area contributed by atoms with E-state index in [0.29, 0.717) is 19.1 Å². The molecule has 0 aliphatic carbocycles. The minimum absolute atomic E-state index is 0.0793. The minimum atomic E-state index is 0.0793. The summed E-state index contributed by atoms with van der Waals surface area (Å²) < 4.78 is 6.14. The number of ether oxygens (including phenoxy) is 1. The molecule has 0 saturated carbocycles. The molecule has 2 saturated heterocycles. The van der Waals surface area contributed by atoms with Gasteiger partial charge in [-0.05, 0) is 44.2 Å². The van der Waals surface area contributed by atoms with Crippen molar-refractivity contribution in [3.63, 3.8) is 0 Å². The molecule has 3 heterocycles. The number of fused-ring (bicyclic) bond motifs is 1. The molecule has 2 aromatic carbocycles. The van der Waals surface area contributed by atoms with Gasteiger partial charge in [0, 0.05) is 37.5 Å². The number of piperidine rings is 2. The minimum Gasteiger partial charge on any atom is -0.372 e. The van der Waals surface area contributed by atoms with Crippen molar-refractivity contribution in [1.82, 2.24) is 14.9 Å². The van der Waals surface area contributed by atoms with Gasteiger partial charge in [-0.2, -0.15) is 0 Å². The maximum absolute atomic E-state index is 13.3. The summed E-state index contributed by atoms with van der Waals surface area (Å²) in [6, 6.07) is 18.4. The topological polar surface area (TPSA) is 58.6 Å². The zero-order valence-corrected chi connectivity index (χ0v) is 19.3. The Morgan fingerprint density at radius 3 is 2.55 bits per heavy atom. The fourth-order valence-electron chi connectivity index (χ4n) is 5.01. The molecular weight excluding hydrogens is 412 g/mol. The van der Waals surface area contributed by atoms with Crippen molar-refractivity contribution in [3.05, 3.63) is 65.9 Å².